The van der Waals surface area contributed by atoms with Crippen molar-refractivity contribution in [1.29, 1.82) is 0 Å². The molecular weight excluding hydrogens is 184 g/mol. The smallest absolute Gasteiger partial charge is 0.257 e. The van der Waals surface area contributed by atoms with Gasteiger partial charge in [-0.15, -0.1) is 0 Å². The number of rotatable bonds is 3. The standard InChI is InChI=1S/C9H10N2O3/c1-14-8-4-2-7(3-5-8)9(10)6-11(12)13/h2-6H,10H2,1H3/b9-6-. The van der Waals surface area contributed by atoms with Crippen LogP contribution in [-0.4, -0.2) is 12.0 Å². The maximum atomic E-state index is 10.1. The van der Waals surface area contributed by atoms with Crippen molar-refractivity contribution in [2.75, 3.05) is 7.11 Å². The zero-order valence-corrected chi connectivity index (χ0v) is 7.64. The van der Waals surface area contributed by atoms with Crippen LogP contribution in [0, 0.1) is 10.1 Å². The summed E-state index contributed by atoms with van der Waals surface area (Å²) in [4.78, 5) is 9.55. The van der Waals surface area contributed by atoms with E-state index in [9.17, 15) is 10.1 Å². The monoisotopic (exact) mass is 194 g/mol. The van der Waals surface area contributed by atoms with Gasteiger partial charge in [-0.05, 0) is 24.3 Å². The molecule has 74 valence electrons. The Kier molecular flexibility index (Phi) is 3.06. The number of methoxy groups -OCH3 is 1. The topological polar surface area (TPSA) is 78.4 Å². The fraction of sp³-hybridized carbons (Fsp3) is 0.111. The molecule has 1 rings (SSSR count). The molecule has 0 bridgehead atoms. The molecule has 1 aromatic rings. The lowest BCUT2D eigenvalue weighted by atomic mass is 10.2. The highest BCUT2D eigenvalue weighted by Gasteiger charge is 2.01. The molecule has 0 amide bonds. The van der Waals surface area contributed by atoms with E-state index >= 15 is 0 Å². The quantitative estimate of drug-likeness (QED) is 0.579. The van der Waals surface area contributed by atoms with Gasteiger partial charge in [-0.2, -0.15) is 0 Å². The minimum Gasteiger partial charge on any atom is -0.497 e. The number of benzene rings is 1. The minimum atomic E-state index is -0.584. The molecule has 0 spiro atoms. The van der Waals surface area contributed by atoms with E-state index in [4.69, 9.17) is 10.5 Å². The molecule has 0 fully saturated rings. The van der Waals surface area contributed by atoms with E-state index in [0.29, 0.717) is 11.3 Å². The van der Waals surface area contributed by atoms with E-state index < -0.39 is 4.92 Å². The molecule has 0 radical (unpaired) electrons. The van der Waals surface area contributed by atoms with Crippen molar-refractivity contribution in [2.24, 2.45) is 5.73 Å². The summed E-state index contributed by atoms with van der Waals surface area (Å²) in [5.74, 6) is 0.683. The Morgan fingerprint density at radius 1 is 1.50 bits per heavy atom. The maximum absolute atomic E-state index is 10.1. The fourth-order valence-electron chi connectivity index (χ4n) is 0.972. The van der Waals surface area contributed by atoms with Crippen molar-refractivity contribution in [3.8, 4) is 5.75 Å². The molecule has 5 nitrogen and oxygen atoms in total. The normalized spacial score (nSPS) is 11.1. The number of nitrogens with two attached hydrogens (primary N) is 1. The highest BCUT2D eigenvalue weighted by Crippen LogP contribution is 2.14. The van der Waals surface area contributed by atoms with Crippen LogP contribution in [0.25, 0.3) is 5.70 Å². The first-order valence-electron chi connectivity index (χ1n) is 3.88. The molecule has 0 heterocycles. The van der Waals surface area contributed by atoms with Crippen molar-refractivity contribution in [2.45, 2.75) is 0 Å². The lowest BCUT2D eigenvalue weighted by molar-refractivity contribution is -0.401. The molecule has 0 atom stereocenters. The van der Waals surface area contributed by atoms with Gasteiger partial charge in [0, 0.05) is 5.56 Å². The number of ether oxygens (including phenoxy) is 1. The van der Waals surface area contributed by atoms with Crippen molar-refractivity contribution in [3.05, 3.63) is 46.1 Å². The van der Waals surface area contributed by atoms with Gasteiger partial charge in [-0.1, -0.05) is 0 Å². The van der Waals surface area contributed by atoms with Crippen LogP contribution in [0.15, 0.2) is 30.5 Å². The fourth-order valence-corrected chi connectivity index (χ4v) is 0.972. The van der Waals surface area contributed by atoms with E-state index in [0.717, 1.165) is 6.20 Å². The Morgan fingerprint density at radius 2 is 2.07 bits per heavy atom. The van der Waals surface area contributed by atoms with Gasteiger partial charge in [0.25, 0.3) is 6.20 Å². The van der Waals surface area contributed by atoms with Gasteiger partial charge in [-0.25, -0.2) is 0 Å². The third-order valence-electron chi connectivity index (χ3n) is 1.67. The lowest BCUT2D eigenvalue weighted by Crippen LogP contribution is -1.99. The van der Waals surface area contributed by atoms with E-state index in [2.05, 4.69) is 0 Å². The Hall–Kier alpha value is -2.04. The molecule has 14 heavy (non-hydrogen) atoms. The molecule has 1 aromatic carbocycles. The molecule has 5 heteroatoms. The van der Waals surface area contributed by atoms with Crippen molar-refractivity contribution in [3.63, 3.8) is 0 Å². The zero-order valence-electron chi connectivity index (χ0n) is 7.64. The molecular formula is C9H10N2O3. The number of hydrogen-bond acceptors (Lipinski definition) is 4. The van der Waals surface area contributed by atoms with Gasteiger partial charge in [-0.3, -0.25) is 10.1 Å². The summed E-state index contributed by atoms with van der Waals surface area (Å²) in [7, 11) is 1.55. The summed E-state index contributed by atoms with van der Waals surface area (Å²) in [6.45, 7) is 0. The third kappa shape index (κ3) is 2.48. The van der Waals surface area contributed by atoms with Crippen molar-refractivity contribution in [1.82, 2.24) is 0 Å². The van der Waals surface area contributed by atoms with Gasteiger partial charge in [0.15, 0.2) is 0 Å². The molecule has 0 aliphatic rings. The summed E-state index contributed by atoms with van der Waals surface area (Å²) < 4.78 is 4.94. The van der Waals surface area contributed by atoms with E-state index in [1.54, 1.807) is 31.4 Å². The average molecular weight is 194 g/mol. The highest BCUT2D eigenvalue weighted by atomic mass is 16.6. The first kappa shape index (κ1) is 10.0. The second-order valence-corrected chi connectivity index (χ2v) is 2.60. The van der Waals surface area contributed by atoms with Gasteiger partial charge in [0.05, 0.1) is 12.0 Å². The van der Waals surface area contributed by atoms with Gasteiger partial charge >= 0.3 is 0 Å². The minimum absolute atomic E-state index is 0.123. The Balaban J connectivity index is 2.92. The van der Waals surface area contributed by atoms with Crippen LogP contribution in [-0.2, 0) is 0 Å². The largest absolute Gasteiger partial charge is 0.497 e. The summed E-state index contributed by atoms with van der Waals surface area (Å²) >= 11 is 0. The molecule has 0 aliphatic carbocycles. The van der Waals surface area contributed by atoms with Crippen LogP contribution in [0.5, 0.6) is 5.75 Å². The van der Waals surface area contributed by atoms with Crippen molar-refractivity contribution < 1.29 is 9.66 Å². The lowest BCUT2D eigenvalue weighted by Gasteiger charge is -2.01. The maximum Gasteiger partial charge on any atom is 0.257 e. The van der Waals surface area contributed by atoms with Crippen LogP contribution in [0.3, 0.4) is 0 Å². The van der Waals surface area contributed by atoms with Gasteiger partial charge in [0.1, 0.15) is 11.4 Å². The molecule has 0 saturated heterocycles. The predicted octanol–water partition coefficient (Wildman–Crippen LogP) is 1.23. The predicted molar refractivity (Wildman–Crippen MR) is 52.2 cm³/mol. The second kappa shape index (κ2) is 4.27. The number of hydrogen-bond donors (Lipinski definition) is 1. The zero-order chi connectivity index (χ0) is 10.6. The second-order valence-electron chi connectivity index (χ2n) is 2.60. The van der Waals surface area contributed by atoms with Crippen LogP contribution in [0.1, 0.15) is 5.56 Å². The van der Waals surface area contributed by atoms with E-state index in [1.807, 2.05) is 0 Å². The third-order valence-corrected chi connectivity index (χ3v) is 1.67. The summed E-state index contributed by atoms with van der Waals surface area (Å²) in [6, 6.07) is 6.70. The Morgan fingerprint density at radius 3 is 2.50 bits per heavy atom. The van der Waals surface area contributed by atoms with Gasteiger partial charge < -0.3 is 10.5 Å². The van der Waals surface area contributed by atoms with E-state index in [-0.39, 0.29) is 5.70 Å². The number of nitro groups is 1. The van der Waals surface area contributed by atoms with Gasteiger partial charge in [0.2, 0.25) is 0 Å². The van der Waals surface area contributed by atoms with Crippen molar-refractivity contribution >= 4 is 5.70 Å². The Bertz CT molecular complexity index is 357. The van der Waals surface area contributed by atoms with Crippen LogP contribution in [0.4, 0.5) is 0 Å². The van der Waals surface area contributed by atoms with E-state index in [1.165, 1.54) is 0 Å². The first-order valence-corrected chi connectivity index (χ1v) is 3.88. The summed E-state index contributed by atoms with van der Waals surface area (Å²) in [5, 5.41) is 10.1. The summed E-state index contributed by atoms with van der Waals surface area (Å²) in [5.41, 5.74) is 6.19. The molecule has 0 unspecified atom stereocenters. The number of nitrogens with zero attached hydrogens (tertiary/aromatic N) is 1. The SMILES string of the molecule is COc1ccc(/C(N)=C/[N+](=O)[O-])cc1. The van der Waals surface area contributed by atoms with Crippen LogP contribution in [0.2, 0.25) is 0 Å². The molecule has 0 saturated carbocycles. The van der Waals surface area contributed by atoms with Crippen LogP contribution < -0.4 is 10.5 Å². The first-order chi connectivity index (χ1) is 6.63. The molecule has 0 aromatic heterocycles. The summed E-state index contributed by atoms with van der Waals surface area (Å²) in [6.07, 6.45) is 0.766. The average Bonchev–Trinajstić information content (AvgIpc) is 2.17. The highest BCUT2D eigenvalue weighted by molar-refractivity contribution is 5.61. The van der Waals surface area contributed by atoms with Crippen LogP contribution >= 0.6 is 0 Å². The Labute approximate surface area is 80.9 Å². The molecule has 0 aliphatic heterocycles. The molecule has 2 N–H and O–H groups in total.